The molecule has 5 heteroatoms. The van der Waals surface area contributed by atoms with Crippen LogP contribution in [0.1, 0.15) is 24.8 Å². The van der Waals surface area contributed by atoms with Gasteiger partial charge in [-0.05, 0) is 50.4 Å². The van der Waals surface area contributed by atoms with Gasteiger partial charge in [-0.3, -0.25) is 9.67 Å². The first-order valence-corrected chi connectivity index (χ1v) is 8.67. The molecule has 1 atom stereocenters. The Morgan fingerprint density at radius 2 is 2.04 bits per heavy atom. The van der Waals surface area contributed by atoms with E-state index in [1.54, 1.807) is 0 Å². The molecule has 0 amide bonds. The van der Waals surface area contributed by atoms with E-state index in [9.17, 15) is 0 Å². The molecular weight excluding hydrogens is 286 g/mol. The normalized spacial score (nSPS) is 21.9. The Kier molecular flexibility index (Phi) is 4.14. The minimum absolute atomic E-state index is 0.802. The maximum absolute atomic E-state index is 4.62. The van der Waals surface area contributed by atoms with Crippen molar-refractivity contribution in [3.63, 3.8) is 0 Å². The molecule has 122 valence electrons. The molecule has 0 bridgehead atoms. The lowest BCUT2D eigenvalue weighted by Gasteiger charge is -2.15. The Labute approximate surface area is 137 Å². The fourth-order valence-electron chi connectivity index (χ4n) is 3.63. The van der Waals surface area contributed by atoms with E-state index in [2.05, 4.69) is 26.5 Å². The van der Waals surface area contributed by atoms with E-state index in [0.717, 1.165) is 36.3 Å². The summed E-state index contributed by atoms with van der Waals surface area (Å²) < 4.78 is 1.90. The van der Waals surface area contributed by atoms with Gasteiger partial charge in [0, 0.05) is 55.9 Å². The Morgan fingerprint density at radius 3 is 2.83 bits per heavy atom. The fourth-order valence-corrected chi connectivity index (χ4v) is 3.63. The molecule has 1 saturated heterocycles. The molecule has 2 aliphatic rings. The van der Waals surface area contributed by atoms with Crippen LogP contribution in [0.5, 0.6) is 0 Å². The van der Waals surface area contributed by atoms with Crippen molar-refractivity contribution in [3.05, 3.63) is 36.3 Å². The number of hydrogen-bond acceptors (Lipinski definition) is 4. The first-order valence-electron chi connectivity index (χ1n) is 8.67. The summed E-state index contributed by atoms with van der Waals surface area (Å²) in [5.41, 5.74) is 3.46. The monoisotopic (exact) mass is 311 g/mol. The minimum atomic E-state index is 0.802. The predicted octanol–water partition coefficient (Wildman–Crippen LogP) is 2.06. The number of likely N-dealkylation sites (tertiary alicyclic amines) is 1. The SMILES string of the molecule is Cn1cc(CNC[C@H]2CCN(C3CC3)C2)c(-c2ccncc2)n1. The summed E-state index contributed by atoms with van der Waals surface area (Å²) in [4.78, 5) is 6.77. The summed E-state index contributed by atoms with van der Waals surface area (Å²) in [6.45, 7) is 4.56. The molecule has 4 rings (SSSR count). The molecule has 3 heterocycles. The van der Waals surface area contributed by atoms with Gasteiger partial charge in [-0.1, -0.05) is 0 Å². The second-order valence-corrected chi connectivity index (χ2v) is 6.92. The van der Waals surface area contributed by atoms with Gasteiger partial charge in [-0.2, -0.15) is 5.10 Å². The van der Waals surface area contributed by atoms with E-state index in [1.807, 2.05) is 36.3 Å². The lowest BCUT2D eigenvalue weighted by atomic mass is 10.1. The van der Waals surface area contributed by atoms with Crippen LogP contribution in [0.2, 0.25) is 0 Å². The highest BCUT2D eigenvalue weighted by atomic mass is 15.3. The maximum atomic E-state index is 4.62. The van der Waals surface area contributed by atoms with Crippen molar-refractivity contribution in [1.29, 1.82) is 0 Å². The highest BCUT2D eigenvalue weighted by molar-refractivity contribution is 5.61. The largest absolute Gasteiger partial charge is 0.312 e. The van der Waals surface area contributed by atoms with E-state index < -0.39 is 0 Å². The Balaban J connectivity index is 1.34. The van der Waals surface area contributed by atoms with Gasteiger partial charge in [0.2, 0.25) is 0 Å². The van der Waals surface area contributed by atoms with E-state index in [-0.39, 0.29) is 0 Å². The number of hydrogen-bond donors (Lipinski definition) is 1. The van der Waals surface area contributed by atoms with Crippen LogP contribution in [0, 0.1) is 5.92 Å². The van der Waals surface area contributed by atoms with E-state index in [4.69, 9.17) is 0 Å². The summed E-state index contributed by atoms with van der Waals surface area (Å²) in [5.74, 6) is 0.802. The molecule has 1 N–H and O–H groups in total. The summed E-state index contributed by atoms with van der Waals surface area (Å²) in [7, 11) is 1.98. The van der Waals surface area contributed by atoms with Gasteiger partial charge in [0.1, 0.15) is 0 Å². The molecule has 0 spiro atoms. The van der Waals surface area contributed by atoms with Gasteiger partial charge in [0.05, 0.1) is 5.69 Å². The Morgan fingerprint density at radius 1 is 1.22 bits per heavy atom. The number of aryl methyl sites for hydroxylation is 1. The van der Waals surface area contributed by atoms with Crippen molar-refractivity contribution >= 4 is 0 Å². The van der Waals surface area contributed by atoms with Gasteiger partial charge in [0.25, 0.3) is 0 Å². The molecule has 23 heavy (non-hydrogen) atoms. The fraction of sp³-hybridized carbons (Fsp3) is 0.556. The molecule has 1 aliphatic heterocycles. The molecule has 0 unspecified atom stereocenters. The number of rotatable bonds is 6. The molecule has 0 radical (unpaired) electrons. The molecule has 5 nitrogen and oxygen atoms in total. The van der Waals surface area contributed by atoms with Crippen molar-refractivity contribution in [2.24, 2.45) is 13.0 Å². The van der Waals surface area contributed by atoms with Gasteiger partial charge in [-0.25, -0.2) is 0 Å². The molecule has 1 aliphatic carbocycles. The maximum Gasteiger partial charge on any atom is 0.0969 e. The average Bonchev–Trinajstić information content (AvgIpc) is 3.20. The highest BCUT2D eigenvalue weighted by Crippen LogP contribution is 2.31. The standard InChI is InChI=1S/C18H25N5/c1-22-13-16(18(21-22)15-4-7-19-8-5-15)11-20-10-14-6-9-23(12-14)17-2-3-17/h4-5,7-8,13-14,17,20H,2-3,6,9-12H2,1H3/t14-/m1/s1. The van der Waals surface area contributed by atoms with Crippen LogP contribution in [0.4, 0.5) is 0 Å². The van der Waals surface area contributed by atoms with Crippen molar-refractivity contribution in [1.82, 2.24) is 25.0 Å². The molecule has 2 fully saturated rings. The second kappa shape index (κ2) is 6.42. The summed E-state index contributed by atoms with van der Waals surface area (Å²) in [5, 5.41) is 8.27. The summed E-state index contributed by atoms with van der Waals surface area (Å²) in [6.07, 6.45) is 9.95. The van der Waals surface area contributed by atoms with Crippen molar-refractivity contribution in [2.75, 3.05) is 19.6 Å². The minimum Gasteiger partial charge on any atom is -0.312 e. The zero-order chi connectivity index (χ0) is 15.6. The van der Waals surface area contributed by atoms with Crippen LogP contribution in [0.25, 0.3) is 11.3 Å². The van der Waals surface area contributed by atoms with Gasteiger partial charge in [0.15, 0.2) is 0 Å². The van der Waals surface area contributed by atoms with Crippen LogP contribution < -0.4 is 5.32 Å². The van der Waals surface area contributed by atoms with Crippen molar-refractivity contribution < 1.29 is 0 Å². The van der Waals surface area contributed by atoms with Gasteiger partial charge < -0.3 is 10.2 Å². The summed E-state index contributed by atoms with van der Waals surface area (Å²) >= 11 is 0. The Bertz CT molecular complexity index is 647. The number of aromatic nitrogens is 3. The molecular formula is C18H25N5. The predicted molar refractivity (Wildman–Crippen MR) is 90.8 cm³/mol. The molecule has 1 saturated carbocycles. The van der Waals surface area contributed by atoms with E-state index in [1.165, 1.54) is 37.9 Å². The number of pyridine rings is 1. The second-order valence-electron chi connectivity index (χ2n) is 6.92. The molecule has 0 aromatic carbocycles. The van der Waals surface area contributed by atoms with Crippen molar-refractivity contribution in [3.8, 4) is 11.3 Å². The first kappa shape index (κ1) is 14.8. The van der Waals surface area contributed by atoms with Crippen LogP contribution in [0.15, 0.2) is 30.7 Å². The van der Waals surface area contributed by atoms with Crippen LogP contribution in [-0.2, 0) is 13.6 Å². The third kappa shape index (κ3) is 3.46. The zero-order valence-corrected chi connectivity index (χ0v) is 13.8. The third-order valence-electron chi connectivity index (χ3n) is 4.99. The lowest BCUT2D eigenvalue weighted by Crippen LogP contribution is -2.27. The third-order valence-corrected chi connectivity index (χ3v) is 4.99. The van der Waals surface area contributed by atoms with Gasteiger partial charge >= 0.3 is 0 Å². The van der Waals surface area contributed by atoms with Crippen LogP contribution >= 0.6 is 0 Å². The first-order chi connectivity index (χ1) is 11.3. The van der Waals surface area contributed by atoms with Crippen molar-refractivity contribution in [2.45, 2.75) is 31.8 Å². The smallest absolute Gasteiger partial charge is 0.0969 e. The number of nitrogens with one attached hydrogen (secondary N) is 1. The topological polar surface area (TPSA) is 46.0 Å². The zero-order valence-electron chi connectivity index (χ0n) is 13.8. The summed E-state index contributed by atoms with van der Waals surface area (Å²) in [6, 6.07) is 4.96. The van der Waals surface area contributed by atoms with E-state index >= 15 is 0 Å². The van der Waals surface area contributed by atoms with Gasteiger partial charge in [-0.15, -0.1) is 0 Å². The molecule has 2 aromatic rings. The lowest BCUT2D eigenvalue weighted by molar-refractivity contribution is 0.312. The molecule has 2 aromatic heterocycles. The van der Waals surface area contributed by atoms with E-state index in [0.29, 0.717) is 0 Å². The van der Waals surface area contributed by atoms with Crippen LogP contribution in [-0.4, -0.2) is 45.3 Å². The average molecular weight is 311 g/mol. The quantitative estimate of drug-likeness (QED) is 0.887. The number of nitrogens with zero attached hydrogens (tertiary/aromatic N) is 4. The Hall–Kier alpha value is -1.72. The van der Waals surface area contributed by atoms with Crippen LogP contribution in [0.3, 0.4) is 0 Å². The highest BCUT2D eigenvalue weighted by Gasteiger charge is 2.34.